The molecule has 0 saturated carbocycles. The molecule has 0 aromatic heterocycles. The standard InChI is InChI=1S/Mn.H2O4S.H2Se/c;1-5(2,3)4;/h;(H2,1,2,3,4);1H2/q+2;;/p-2. The van der Waals surface area contributed by atoms with Crippen LogP contribution >= 0.6 is 0 Å². The zero-order chi connectivity index (χ0) is 4.50. The van der Waals surface area contributed by atoms with Gasteiger partial charge in [0.1, 0.15) is 0 Å². The SMILES string of the molecule is O=S(=O)([O-])[O-].[Mn+2].[SeH2]. The van der Waals surface area contributed by atoms with Gasteiger partial charge in [0.15, 0.2) is 0 Å². The van der Waals surface area contributed by atoms with Gasteiger partial charge in [0.2, 0.25) is 0 Å². The van der Waals surface area contributed by atoms with E-state index < -0.39 is 10.4 Å². The zero-order valence-electron chi connectivity index (χ0n) is 2.92. The zero-order valence-corrected chi connectivity index (χ0v) is 7.01. The predicted molar refractivity (Wildman–Crippen MR) is 19.0 cm³/mol. The van der Waals surface area contributed by atoms with E-state index in [2.05, 4.69) is 0 Å². The van der Waals surface area contributed by atoms with Gasteiger partial charge in [0.25, 0.3) is 0 Å². The molecule has 0 unspecified atom stereocenters. The monoisotopic (exact) mass is 233 g/mol. The average Bonchev–Trinajstić information content (AvgIpc) is 0.722. The van der Waals surface area contributed by atoms with E-state index in [-0.39, 0.29) is 34.1 Å². The van der Waals surface area contributed by atoms with Crippen molar-refractivity contribution >= 4 is 27.5 Å². The van der Waals surface area contributed by atoms with Gasteiger partial charge in [0, 0.05) is 10.4 Å². The summed E-state index contributed by atoms with van der Waals surface area (Å²) in [5.41, 5.74) is 0. The third-order valence-electron chi connectivity index (χ3n) is 0. The number of rotatable bonds is 0. The summed E-state index contributed by atoms with van der Waals surface area (Å²) in [6, 6.07) is 0. The summed E-state index contributed by atoms with van der Waals surface area (Å²) in [6.45, 7) is 0. The molecule has 0 aliphatic heterocycles. The average molecular weight is 232 g/mol. The second-order valence-electron chi connectivity index (χ2n) is 0.408. The summed E-state index contributed by atoms with van der Waals surface area (Å²) >= 11 is 0. The van der Waals surface area contributed by atoms with Crippen LogP contribution in [0.4, 0.5) is 0 Å². The van der Waals surface area contributed by atoms with Crippen molar-refractivity contribution in [3.05, 3.63) is 0 Å². The summed E-state index contributed by atoms with van der Waals surface area (Å²) in [5.74, 6) is 0. The van der Waals surface area contributed by atoms with Crippen molar-refractivity contribution in [1.29, 1.82) is 0 Å². The van der Waals surface area contributed by atoms with E-state index in [1.165, 1.54) is 0 Å². The molecule has 0 N–H and O–H groups in total. The van der Waals surface area contributed by atoms with Gasteiger partial charge in [0.05, 0.1) is 0 Å². The molecule has 0 heterocycles. The molecule has 7 heavy (non-hydrogen) atoms. The van der Waals surface area contributed by atoms with E-state index >= 15 is 0 Å². The molecule has 0 aliphatic carbocycles. The first kappa shape index (κ1) is 15.7. The summed E-state index contributed by atoms with van der Waals surface area (Å²) in [4.78, 5) is 0. The van der Waals surface area contributed by atoms with Gasteiger partial charge >= 0.3 is 34.1 Å². The van der Waals surface area contributed by atoms with Gasteiger partial charge in [-0.15, -0.1) is 0 Å². The molecular weight excluding hydrogens is 230 g/mol. The molecule has 0 atom stereocenters. The Morgan fingerprint density at radius 3 is 1.14 bits per heavy atom. The van der Waals surface area contributed by atoms with E-state index in [4.69, 9.17) is 17.5 Å². The molecule has 0 amide bonds. The third-order valence-corrected chi connectivity index (χ3v) is 0. The third kappa shape index (κ3) is 202. The Bertz CT molecular complexity index is 94.9. The minimum atomic E-state index is -5.17. The predicted octanol–water partition coefficient (Wildman–Crippen LogP) is -2.26. The fourth-order valence-electron chi connectivity index (χ4n) is 0. The van der Waals surface area contributed by atoms with E-state index in [0.717, 1.165) is 0 Å². The van der Waals surface area contributed by atoms with Gasteiger partial charge in [-0.05, 0) is 0 Å². The molecule has 0 saturated heterocycles. The van der Waals surface area contributed by atoms with Crippen LogP contribution in [0.25, 0.3) is 0 Å². The maximum absolute atomic E-state index is 8.52. The quantitative estimate of drug-likeness (QED) is 0.268. The summed E-state index contributed by atoms with van der Waals surface area (Å²) in [5, 5.41) is 0. The van der Waals surface area contributed by atoms with E-state index in [0.29, 0.717) is 0 Å². The van der Waals surface area contributed by atoms with Crippen LogP contribution in [0, 0.1) is 0 Å². The van der Waals surface area contributed by atoms with Gasteiger partial charge in [-0.25, -0.2) is 0 Å². The molecule has 1 radical (unpaired) electrons. The molecule has 0 rings (SSSR count). The van der Waals surface area contributed by atoms with Crippen LogP contribution in [0.1, 0.15) is 0 Å². The van der Waals surface area contributed by atoms with Crippen LogP contribution in [0.3, 0.4) is 0 Å². The Kier molecular flexibility index (Phi) is 11.3. The number of hydrogen-bond acceptors (Lipinski definition) is 4. The molecular formula is H2MnO4SSe. The molecule has 0 aliphatic rings. The topological polar surface area (TPSA) is 80.3 Å². The molecule has 7 heteroatoms. The Morgan fingerprint density at radius 1 is 1.14 bits per heavy atom. The molecule has 0 bridgehead atoms. The fourth-order valence-corrected chi connectivity index (χ4v) is 0. The van der Waals surface area contributed by atoms with Crippen molar-refractivity contribution in [3.8, 4) is 0 Å². The van der Waals surface area contributed by atoms with Crippen molar-refractivity contribution < 1.29 is 34.6 Å². The van der Waals surface area contributed by atoms with E-state index in [1.54, 1.807) is 0 Å². The van der Waals surface area contributed by atoms with Gasteiger partial charge in [-0.1, -0.05) is 0 Å². The second kappa shape index (κ2) is 5.05. The fraction of sp³-hybridized carbons (Fsp3) is 0. The summed E-state index contributed by atoms with van der Waals surface area (Å²) in [7, 11) is -5.17. The molecule has 0 aromatic carbocycles. The first-order valence-electron chi connectivity index (χ1n) is 0.667. The van der Waals surface area contributed by atoms with Crippen LogP contribution in [0.15, 0.2) is 0 Å². The Labute approximate surface area is 62.2 Å². The molecule has 0 aromatic rings. The van der Waals surface area contributed by atoms with Crippen LogP contribution in [-0.4, -0.2) is 34.6 Å². The van der Waals surface area contributed by atoms with Crippen LogP contribution < -0.4 is 0 Å². The first-order chi connectivity index (χ1) is 2.00. The van der Waals surface area contributed by atoms with Crippen LogP contribution in [0.2, 0.25) is 0 Å². The maximum atomic E-state index is 8.52. The first-order valence-corrected chi connectivity index (χ1v) is 2.00. The minimum absolute atomic E-state index is 0. The number of hydrogen-bond donors (Lipinski definition) is 0. The van der Waals surface area contributed by atoms with Crippen molar-refractivity contribution in [1.82, 2.24) is 0 Å². The van der Waals surface area contributed by atoms with Crippen LogP contribution in [0.5, 0.6) is 0 Å². The summed E-state index contributed by atoms with van der Waals surface area (Å²) < 4.78 is 34.1. The van der Waals surface area contributed by atoms with E-state index in [9.17, 15) is 0 Å². The van der Waals surface area contributed by atoms with Gasteiger partial charge in [-0.2, -0.15) is 0 Å². The van der Waals surface area contributed by atoms with Crippen molar-refractivity contribution in [2.45, 2.75) is 0 Å². The molecule has 45 valence electrons. The Balaban J connectivity index is -0.0000000800. The van der Waals surface area contributed by atoms with Crippen molar-refractivity contribution in [2.75, 3.05) is 0 Å². The van der Waals surface area contributed by atoms with E-state index in [1.807, 2.05) is 0 Å². The van der Waals surface area contributed by atoms with Crippen LogP contribution in [-0.2, 0) is 27.5 Å². The Morgan fingerprint density at radius 2 is 1.14 bits per heavy atom. The normalized spacial score (nSPS) is 8.29. The second-order valence-corrected chi connectivity index (χ2v) is 1.22. The van der Waals surface area contributed by atoms with Gasteiger partial charge < -0.3 is 9.11 Å². The molecule has 0 spiro atoms. The molecule has 0 fully saturated rings. The summed E-state index contributed by atoms with van der Waals surface area (Å²) in [6.07, 6.45) is 0. The van der Waals surface area contributed by atoms with Crippen molar-refractivity contribution in [3.63, 3.8) is 0 Å². The molecule has 4 nitrogen and oxygen atoms in total. The van der Waals surface area contributed by atoms with Crippen molar-refractivity contribution in [2.24, 2.45) is 0 Å². The van der Waals surface area contributed by atoms with Gasteiger partial charge in [-0.3, -0.25) is 8.42 Å². The Hall–Kier alpha value is 0.909.